The van der Waals surface area contributed by atoms with E-state index in [2.05, 4.69) is 20.3 Å². The Labute approximate surface area is 185 Å². The minimum absolute atomic E-state index is 0.218. The number of nitrogens with one attached hydrogen (secondary N) is 1. The maximum Gasteiger partial charge on any atom is 0.292 e. The number of nitrogens with zero attached hydrogens (tertiary/aromatic N) is 4. The molecular weight excluding hydrogens is 410 g/mol. The Morgan fingerprint density at radius 3 is 2.62 bits per heavy atom. The number of amides is 2. The highest BCUT2D eigenvalue weighted by Crippen LogP contribution is 2.32. The normalized spacial score (nSPS) is 15.6. The van der Waals surface area contributed by atoms with Crippen molar-refractivity contribution in [2.24, 2.45) is 0 Å². The first-order chi connectivity index (χ1) is 15.4. The number of hydrogen-bond donors (Lipinski definition) is 1. The number of carbonyl (C=O) groups is 2. The van der Waals surface area contributed by atoms with Gasteiger partial charge >= 0.3 is 0 Å². The molecule has 166 valence electrons. The van der Waals surface area contributed by atoms with Crippen molar-refractivity contribution in [2.75, 3.05) is 19.0 Å². The summed E-state index contributed by atoms with van der Waals surface area (Å²) in [6, 6.07) is 6.89. The number of oxazole rings is 1. The largest absolute Gasteiger partial charge is 0.495 e. The van der Waals surface area contributed by atoms with Gasteiger partial charge in [0.1, 0.15) is 5.75 Å². The van der Waals surface area contributed by atoms with E-state index in [1.807, 2.05) is 12.1 Å². The van der Waals surface area contributed by atoms with Gasteiger partial charge in [-0.25, -0.2) is 15.0 Å². The number of benzene rings is 1. The standard InChI is InChI=1S/C23H25N5O4/c1-13-16(22(29)27-17-8-5-6-10-19(17)31-4)12-24-21(26-13)18-9-7-11-28(18)23(30)20-14(2)25-15(3)32-20/h5-6,8,10,12,18H,7,9,11H2,1-4H3,(H,27,29)/t18-/m0/s1. The zero-order chi connectivity index (χ0) is 22.8. The SMILES string of the molecule is COc1ccccc1NC(=O)c1cnc([C@@H]2CCCN2C(=O)c2oc(C)nc2C)nc1C. The Hall–Kier alpha value is -3.75. The van der Waals surface area contributed by atoms with Crippen LogP contribution in [0.25, 0.3) is 0 Å². The first kappa shape index (κ1) is 21.5. The quantitative estimate of drug-likeness (QED) is 0.651. The highest BCUT2D eigenvalue weighted by molar-refractivity contribution is 6.05. The van der Waals surface area contributed by atoms with Gasteiger partial charge in [-0.05, 0) is 38.8 Å². The van der Waals surface area contributed by atoms with E-state index in [-0.39, 0.29) is 23.6 Å². The molecule has 1 aliphatic heterocycles. The fraction of sp³-hybridized carbons (Fsp3) is 0.348. The molecule has 2 amide bonds. The molecule has 3 heterocycles. The number of ether oxygens (including phenoxy) is 1. The van der Waals surface area contributed by atoms with Crippen LogP contribution in [0.5, 0.6) is 5.75 Å². The van der Waals surface area contributed by atoms with Gasteiger partial charge in [-0.2, -0.15) is 0 Å². The number of likely N-dealkylation sites (tertiary alicyclic amines) is 1. The lowest BCUT2D eigenvalue weighted by Crippen LogP contribution is -2.32. The van der Waals surface area contributed by atoms with Crippen LogP contribution in [0.3, 0.4) is 0 Å². The number of para-hydroxylation sites is 2. The lowest BCUT2D eigenvalue weighted by Gasteiger charge is -2.23. The summed E-state index contributed by atoms with van der Waals surface area (Å²) in [6.45, 7) is 5.81. The number of aromatic nitrogens is 3. The van der Waals surface area contributed by atoms with Crippen LogP contribution in [0.15, 0.2) is 34.9 Å². The summed E-state index contributed by atoms with van der Waals surface area (Å²) in [5, 5.41) is 2.84. The van der Waals surface area contributed by atoms with Crippen molar-refractivity contribution in [1.82, 2.24) is 19.9 Å². The highest BCUT2D eigenvalue weighted by atomic mass is 16.5. The first-order valence-electron chi connectivity index (χ1n) is 10.4. The van der Waals surface area contributed by atoms with E-state index in [1.54, 1.807) is 44.9 Å². The summed E-state index contributed by atoms with van der Waals surface area (Å²) in [5.74, 6) is 1.23. The van der Waals surface area contributed by atoms with Crippen molar-refractivity contribution in [3.63, 3.8) is 0 Å². The molecule has 1 N–H and O–H groups in total. The van der Waals surface area contributed by atoms with Gasteiger partial charge in [-0.15, -0.1) is 0 Å². The molecule has 1 saturated heterocycles. The molecule has 1 atom stereocenters. The molecule has 9 heteroatoms. The van der Waals surface area contributed by atoms with E-state index in [1.165, 1.54) is 6.20 Å². The van der Waals surface area contributed by atoms with Crippen LogP contribution >= 0.6 is 0 Å². The van der Waals surface area contributed by atoms with E-state index in [0.717, 1.165) is 12.8 Å². The van der Waals surface area contributed by atoms with Crippen molar-refractivity contribution in [1.29, 1.82) is 0 Å². The zero-order valence-corrected chi connectivity index (χ0v) is 18.5. The van der Waals surface area contributed by atoms with Gasteiger partial charge in [0, 0.05) is 19.7 Å². The van der Waals surface area contributed by atoms with Gasteiger partial charge in [-0.3, -0.25) is 9.59 Å². The van der Waals surface area contributed by atoms with Crippen LogP contribution in [0.1, 0.15) is 62.9 Å². The molecule has 1 fully saturated rings. The molecule has 9 nitrogen and oxygen atoms in total. The van der Waals surface area contributed by atoms with Crippen LogP contribution in [0.2, 0.25) is 0 Å². The zero-order valence-electron chi connectivity index (χ0n) is 18.5. The minimum Gasteiger partial charge on any atom is -0.495 e. The lowest BCUT2D eigenvalue weighted by atomic mass is 10.1. The molecule has 0 aliphatic carbocycles. The van der Waals surface area contributed by atoms with Gasteiger partial charge < -0.3 is 19.4 Å². The Balaban J connectivity index is 1.55. The minimum atomic E-state index is -0.328. The summed E-state index contributed by atoms with van der Waals surface area (Å²) < 4.78 is 10.8. The summed E-state index contributed by atoms with van der Waals surface area (Å²) >= 11 is 0. The van der Waals surface area contributed by atoms with Crippen molar-refractivity contribution in [3.05, 3.63) is 64.9 Å². The number of methoxy groups -OCH3 is 1. The van der Waals surface area contributed by atoms with Crippen LogP contribution in [-0.2, 0) is 0 Å². The Morgan fingerprint density at radius 2 is 1.94 bits per heavy atom. The van der Waals surface area contributed by atoms with Crippen molar-refractivity contribution < 1.29 is 18.7 Å². The van der Waals surface area contributed by atoms with E-state index >= 15 is 0 Å². The molecule has 0 unspecified atom stereocenters. The van der Waals surface area contributed by atoms with Gasteiger partial charge in [0.05, 0.1) is 35.8 Å². The summed E-state index contributed by atoms with van der Waals surface area (Å²) in [6.07, 6.45) is 3.08. The predicted molar refractivity (Wildman–Crippen MR) is 117 cm³/mol. The second-order valence-corrected chi connectivity index (χ2v) is 7.69. The number of rotatable bonds is 5. The average Bonchev–Trinajstić information content (AvgIpc) is 3.39. The summed E-state index contributed by atoms with van der Waals surface area (Å²) in [5.41, 5.74) is 2.03. The summed E-state index contributed by atoms with van der Waals surface area (Å²) in [7, 11) is 1.55. The third-order valence-corrected chi connectivity index (χ3v) is 5.51. The van der Waals surface area contributed by atoms with Gasteiger partial charge in [0.15, 0.2) is 11.7 Å². The summed E-state index contributed by atoms with van der Waals surface area (Å²) in [4.78, 5) is 40.8. The topological polar surface area (TPSA) is 110 Å². The smallest absolute Gasteiger partial charge is 0.292 e. The molecule has 2 aromatic heterocycles. The molecule has 0 spiro atoms. The molecule has 0 radical (unpaired) electrons. The number of aryl methyl sites for hydroxylation is 3. The van der Waals surface area contributed by atoms with Gasteiger partial charge in [0.2, 0.25) is 5.76 Å². The number of carbonyl (C=O) groups excluding carboxylic acids is 2. The second-order valence-electron chi connectivity index (χ2n) is 7.69. The molecule has 1 aromatic carbocycles. The molecule has 3 aromatic rings. The fourth-order valence-electron chi connectivity index (χ4n) is 3.94. The molecule has 0 bridgehead atoms. The van der Waals surface area contributed by atoms with E-state index in [0.29, 0.717) is 46.6 Å². The van der Waals surface area contributed by atoms with Crippen LogP contribution < -0.4 is 10.1 Å². The maximum absolute atomic E-state index is 13.0. The first-order valence-corrected chi connectivity index (χ1v) is 10.4. The monoisotopic (exact) mass is 435 g/mol. The molecule has 0 saturated carbocycles. The maximum atomic E-state index is 13.0. The Kier molecular flexibility index (Phi) is 5.89. The van der Waals surface area contributed by atoms with Crippen LogP contribution in [0, 0.1) is 20.8 Å². The number of hydrogen-bond acceptors (Lipinski definition) is 7. The van der Waals surface area contributed by atoms with E-state index in [4.69, 9.17) is 9.15 Å². The van der Waals surface area contributed by atoms with Gasteiger partial charge in [0.25, 0.3) is 11.8 Å². The molecule has 32 heavy (non-hydrogen) atoms. The third kappa shape index (κ3) is 4.05. The van der Waals surface area contributed by atoms with Crippen molar-refractivity contribution in [3.8, 4) is 5.75 Å². The molecule has 1 aliphatic rings. The Bertz CT molecular complexity index is 1170. The third-order valence-electron chi connectivity index (χ3n) is 5.51. The fourth-order valence-corrected chi connectivity index (χ4v) is 3.94. The van der Waals surface area contributed by atoms with Crippen molar-refractivity contribution in [2.45, 2.75) is 39.7 Å². The number of anilines is 1. The second kappa shape index (κ2) is 8.78. The Morgan fingerprint density at radius 1 is 1.16 bits per heavy atom. The van der Waals surface area contributed by atoms with Crippen molar-refractivity contribution >= 4 is 17.5 Å². The molecular formula is C23H25N5O4. The van der Waals surface area contributed by atoms with Crippen LogP contribution in [-0.4, -0.2) is 45.3 Å². The van der Waals surface area contributed by atoms with Crippen LogP contribution in [0.4, 0.5) is 5.69 Å². The van der Waals surface area contributed by atoms with E-state index < -0.39 is 0 Å². The molecule has 4 rings (SSSR count). The lowest BCUT2D eigenvalue weighted by molar-refractivity contribution is 0.0694. The van der Waals surface area contributed by atoms with E-state index in [9.17, 15) is 9.59 Å². The van der Waals surface area contributed by atoms with Gasteiger partial charge in [-0.1, -0.05) is 12.1 Å². The average molecular weight is 435 g/mol. The highest BCUT2D eigenvalue weighted by Gasteiger charge is 2.35. The predicted octanol–water partition coefficient (Wildman–Crippen LogP) is 3.63.